The Labute approximate surface area is 64.9 Å². The third-order valence-corrected chi connectivity index (χ3v) is 2.17. The molecular formula is C6H10ClNO2. The fourth-order valence-electron chi connectivity index (χ4n) is 0.689. The van der Waals surface area contributed by atoms with E-state index in [9.17, 15) is 4.79 Å². The van der Waals surface area contributed by atoms with Crippen molar-refractivity contribution in [1.29, 1.82) is 0 Å². The van der Waals surface area contributed by atoms with E-state index in [4.69, 9.17) is 11.6 Å². The molecule has 0 radical (unpaired) electrons. The molecule has 0 spiro atoms. The van der Waals surface area contributed by atoms with E-state index in [2.05, 4.69) is 4.84 Å². The second-order valence-electron chi connectivity index (χ2n) is 2.45. The number of hydrogen-bond donors (Lipinski definition) is 0. The highest BCUT2D eigenvalue weighted by molar-refractivity contribution is 6.36. The molecule has 4 heteroatoms. The van der Waals surface area contributed by atoms with Crippen molar-refractivity contribution >= 4 is 17.5 Å². The highest BCUT2D eigenvalue weighted by Crippen LogP contribution is 2.43. The Morgan fingerprint density at radius 1 is 1.70 bits per heavy atom. The van der Waals surface area contributed by atoms with E-state index in [1.807, 2.05) is 0 Å². The maximum atomic E-state index is 11.1. The quantitative estimate of drug-likeness (QED) is 0.445. The fraction of sp³-hybridized carbons (Fsp3) is 0.833. The summed E-state index contributed by atoms with van der Waals surface area (Å²) in [6.45, 7) is 0. The van der Waals surface area contributed by atoms with Crippen LogP contribution in [0.4, 0.5) is 0 Å². The lowest BCUT2D eigenvalue weighted by molar-refractivity contribution is -0.169. The maximum absolute atomic E-state index is 11.1. The fourth-order valence-corrected chi connectivity index (χ4v) is 0.902. The van der Waals surface area contributed by atoms with Crippen LogP contribution in [-0.2, 0) is 9.63 Å². The van der Waals surface area contributed by atoms with Crippen molar-refractivity contribution < 1.29 is 9.63 Å². The molecule has 1 aliphatic carbocycles. The molecule has 0 N–H and O–H groups in total. The molecular weight excluding hydrogens is 154 g/mol. The molecule has 0 unspecified atom stereocenters. The van der Waals surface area contributed by atoms with Gasteiger partial charge in [0.05, 0.1) is 7.11 Å². The molecule has 0 heterocycles. The molecule has 10 heavy (non-hydrogen) atoms. The van der Waals surface area contributed by atoms with Gasteiger partial charge >= 0.3 is 0 Å². The van der Waals surface area contributed by atoms with Crippen molar-refractivity contribution in [3.05, 3.63) is 0 Å². The SMILES string of the molecule is CON(C)C(=O)C1(Cl)CC1. The zero-order valence-corrected chi connectivity index (χ0v) is 6.81. The van der Waals surface area contributed by atoms with E-state index < -0.39 is 4.87 Å². The van der Waals surface area contributed by atoms with Crippen LogP contribution in [0.2, 0.25) is 0 Å². The van der Waals surface area contributed by atoms with Crippen LogP contribution in [0.3, 0.4) is 0 Å². The predicted molar refractivity (Wildman–Crippen MR) is 37.6 cm³/mol. The van der Waals surface area contributed by atoms with Crippen molar-refractivity contribution in [2.24, 2.45) is 0 Å². The topological polar surface area (TPSA) is 29.5 Å². The lowest BCUT2D eigenvalue weighted by Crippen LogP contribution is -2.33. The molecule has 1 aliphatic rings. The molecule has 0 saturated heterocycles. The third kappa shape index (κ3) is 1.25. The highest BCUT2D eigenvalue weighted by atomic mass is 35.5. The van der Waals surface area contributed by atoms with Crippen LogP contribution in [0.5, 0.6) is 0 Å². The Kier molecular flexibility index (Phi) is 1.88. The number of alkyl halides is 1. The van der Waals surface area contributed by atoms with Crippen molar-refractivity contribution in [1.82, 2.24) is 5.06 Å². The van der Waals surface area contributed by atoms with Gasteiger partial charge in [-0.05, 0) is 12.8 Å². The van der Waals surface area contributed by atoms with Crippen LogP contribution in [0.25, 0.3) is 0 Å². The maximum Gasteiger partial charge on any atom is 0.266 e. The molecule has 1 saturated carbocycles. The van der Waals surface area contributed by atoms with Crippen molar-refractivity contribution in [2.45, 2.75) is 17.7 Å². The van der Waals surface area contributed by atoms with Gasteiger partial charge in [0.2, 0.25) is 0 Å². The second-order valence-corrected chi connectivity index (χ2v) is 3.17. The van der Waals surface area contributed by atoms with Gasteiger partial charge in [-0.15, -0.1) is 11.6 Å². The number of hydroxylamine groups is 2. The summed E-state index contributed by atoms with van der Waals surface area (Å²) < 4.78 is 0. The lowest BCUT2D eigenvalue weighted by atomic mass is 10.4. The number of nitrogens with zero attached hydrogens (tertiary/aromatic N) is 1. The van der Waals surface area contributed by atoms with E-state index in [-0.39, 0.29) is 5.91 Å². The Hall–Kier alpha value is -0.280. The molecule has 0 aromatic rings. The van der Waals surface area contributed by atoms with Gasteiger partial charge in [0.1, 0.15) is 4.87 Å². The first-order valence-electron chi connectivity index (χ1n) is 3.11. The summed E-state index contributed by atoms with van der Waals surface area (Å²) >= 11 is 5.80. The summed E-state index contributed by atoms with van der Waals surface area (Å²) in [5.74, 6) is -0.142. The van der Waals surface area contributed by atoms with E-state index in [1.54, 1.807) is 7.05 Å². The van der Waals surface area contributed by atoms with Crippen molar-refractivity contribution in [3.8, 4) is 0 Å². The Morgan fingerprint density at radius 3 is 2.50 bits per heavy atom. The minimum absolute atomic E-state index is 0.142. The summed E-state index contributed by atoms with van der Waals surface area (Å²) in [7, 11) is 3.01. The number of rotatable bonds is 2. The van der Waals surface area contributed by atoms with Gasteiger partial charge in [-0.25, -0.2) is 5.06 Å². The molecule has 58 valence electrons. The van der Waals surface area contributed by atoms with Crippen LogP contribution in [-0.4, -0.2) is 30.0 Å². The second kappa shape index (κ2) is 2.40. The Morgan fingerprint density at radius 2 is 2.20 bits per heavy atom. The monoisotopic (exact) mass is 163 g/mol. The summed E-state index contributed by atoms with van der Waals surface area (Å²) in [6, 6.07) is 0. The summed E-state index contributed by atoms with van der Waals surface area (Å²) in [5, 5.41) is 1.17. The molecule has 0 aromatic heterocycles. The third-order valence-electron chi connectivity index (χ3n) is 1.63. The minimum Gasteiger partial charge on any atom is -0.275 e. The Balaban J connectivity index is 2.49. The van der Waals surface area contributed by atoms with E-state index in [1.165, 1.54) is 12.2 Å². The normalized spacial score (nSPS) is 20.3. The van der Waals surface area contributed by atoms with Crippen LogP contribution in [0.1, 0.15) is 12.8 Å². The largest absolute Gasteiger partial charge is 0.275 e. The van der Waals surface area contributed by atoms with Gasteiger partial charge in [0, 0.05) is 7.05 Å². The van der Waals surface area contributed by atoms with Crippen LogP contribution < -0.4 is 0 Å². The lowest BCUT2D eigenvalue weighted by Gasteiger charge is -2.15. The summed E-state index contributed by atoms with van der Waals surface area (Å²) in [6.07, 6.45) is 1.53. The van der Waals surface area contributed by atoms with Crippen LogP contribution >= 0.6 is 11.6 Å². The van der Waals surface area contributed by atoms with Gasteiger partial charge < -0.3 is 0 Å². The predicted octanol–water partition coefficient (Wildman–Crippen LogP) is 0.778. The van der Waals surface area contributed by atoms with Crippen LogP contribution in [0.15, 0.2) is 0 Å². The minimum atomic E-state index is -0.634. The zero-order valence-electron chi connectivity index (χ0n) is 6.06. The average molecular weight is 164 g/mol. The number of carbonyl (C=O) groups excluding carboxylic acids is 1. The first-order valence-corrected chi connectivity index (χ1v) is 3.49. The molecule has 1 fully saturated rings. The molecule has 1 amide bonds. The molecule has 0 bridgehead atoms. The standard InChI is InChI=1S/C6H10ClNO2/c1-8(10-2)5(9)6(7)3-4-6/h3-4H2,1-2H3. The molecule has 1 rings (SSSR count). The van der Waals surface area contributed by atoms with Crippen molar-refractivity contribution in [3.63, 3.8) is 0 Å². The van der Waals surface area contributed by atoms with Gasteiger partial charge in [-0.3, -0.25) is 9.63 Å². The van der Waals surface area contributed by atoms with Crippen molar-refractivity contribution in [2.75, 3.05) is 14.2 Å². The van der Waals surface area contributed by atoms with Crippen LogP contribution in [0, 0.1) is 0 Å². The van der Waals surface area contributed by atoms with Gasteiger partial charge in [-0.1, -0.05) is 0 Å². The first-order chi connectivity index (χ1) is 4.60. The number of hydrogen-bond acceptors (Lipinski definition) is 2. The molecule has 0 atom stereocenters. The van der Waals surface area contributed by atoms with Gasteiger partial charge in [-0.2, -0.15) is 0 Å². The van der Waals surface area contributed by atoms with E-state index in [0.717, 1.165) is 12.8 Å². The summed E-state index contributed by atoms with van der Waals surface area (Å²) in [5.41, 5.74) is 0. The number of carbonyl (C=O) groups is 1. The van der Waals surface area contributed by atoms with E-state index in [0.29, 0.717) is 0 Å². The van der Waals surface area contributed by atoms with Gasteiger partial charge in [0.25, 0.3) is 5.91 Å². The highest BCUT2D eigenvalue weighted by Gasteiger charge is 2.49. The molecule has 0 aliphatic heterocycles. The molecule has 3 nitrogen and oxygen atoms in total. The Bertz CT molecular complexity index is 156. The molecule has 0 aromatic carbocycles. The number of amides is 1. The van der Waals surface area contributed by atoms with E-state index >= 15 is 0 Å². The smallest absolute Gasteiger partial charge is 0.266 e. The summed E-state index contributed by atoms with van der Waals surface area (Å²) in [4.78, 5) is 15.2. The number of halogens is 1. The zero-order chi connectivity index (χ0) is 7.78. The van der Waals surface area contributed by atoms with Gasteiger partial charge in [0.15, 0.2) is 0 Å². The average Bonchev–Trinajstić information content (AvgIpc) is 2.66. The first kappa shape index (κ1) is 7.82.